The molecule has 0 atom stereocenters. The first-order valence-corrected chi connectivity index (χ1v) is 6.32. The number of aryl methyl sites for hydroxylation is 1. The number of methoxy groups -OCH3 is 1. The second-order valence-electron chi connectivity index (χ2n) is 3.15. The van der Waals surface area contributed by atoms with Crippen LogP contribution < -0.4 is 4.74 Å². The molecule has 1 aromatic heterocycles. The van der Waals surface area contributed by atoms with Gasteiger partial charge < -0.3 is 4.74 Å². The summed E-state index contributed by atoms with van der Waals surface area (Å²) >= 11 is 5.33. The minimum Gasteiger partial charge on any atom is -0.496 e. The molecule has 0 aliphatic heterocycles. The van der Waals surface area contributed by atoms with Crippen molar-refractivity contribution >= 4 is 37.4 Å². The Hall–Kier alpha value is -0.540. The highest BCUT2D eigenvalue weighted by Crippen LogP contribution is 2.34. The number of rotatable bonds is 2. The van der Waals surface area contributed by atoms with Gasteiger partial charge in [0.25, 0.3) is 0 Å². The largest absolute Gasteiger partial charge is 0.496 e. The van der Waals surface area contributed by atoms with Crippen LogP contribution in [0, 0.1) is 6.92 Å². The quantitative estimate of drug-likeness (QED) is 0.747. The smallest absolute Gasteiger partial charge is 0.123 e. The van der Waals surface area contributed by atoms with Crippen molar-refractivity contribution in [3.63, 3.8) is 0 Å². The molecular weight excluding hydrogens is 260 g/mol. The Balaban J connectivity index is 2.75. The van der Waals surface area contributed by atoms with Crippen molar-refractivity contribution in [1.82, 2.24) is 0 Å². The van der Waals surface area contributed by atoms with Gasteiger partial charge in [0, 0.05) is 25.9 Å². The second kappa shape index (κ2) is 3.91. The molecule has 1 nitrogen and oxygen atoms in total. The number of fused-ring (bicyclic) bond motifs is 1. The molecule has 1 aromatic carbocycles. The minimum atomic E-state index is 0.837. The molecule has 0 aliphatic carbocycles. The van der Waals surface area contributed by atoms with Crippen molar-refractivity contribution in [3.8, 4) is 5.75 Å². The van der Waals surface area contributed by atoms with Crippen molar-refractivity contribution in [1.29, 1.82) is 0 Å². The van der Waals surface area contributed by atoms with Crippen LogP contribution in [0.15, 0.2) is 18.2 Å². The van der Waals surface area contributed by atoms with E-state index in [4.69, 9.17) is 4.74 Å². The molecule has 0 saturated carbocycles. The second-order valence-corrected chi connectivity index (χ2v) is 5.00. The van der Waals surface area contributed by atoms with Gasteiger partial charge in [0.15, 0.2) is 0 Å². The first-order chi connectivity index (χ1) is 6.76. The average molecular weight is 271 g/mol. The third kappa shape index (κ3) is 1.55. The molecule has 0 N–H and O–H groups in total. The lowest BCUT2D eigenvalue weighted by molar-refractivity contribution is 0.412. The number of ether oxygens (including phenoxy) is 1. The molecule has 14 heavy (non-hydrogen) atoms. The molecule has 0 bridgehead atoms. The topological polar surface area (TPSA) is 9.23 Å². The number of thiophene rings is 1. The lowest BCUT2D eigenvalue weighted by Gasteiger charge is -2.06. The molecule has 0 radical (unpaired) electrons. The Morgan fingerprint density at radius 2 is 2.21 bits per heavy atom. The SMILES string of the molecule is COc1ccc2sc(C)cc2c1CBr. The lowest BCUT2D eigenvalue weighted by atomic mass is 10.1. The molecule has 0 fully saturated rings. The zero-order valence-corrected chi connectivity index (χ0v) is 10.5. The fraction of sp³-hybridized carbons (Fsp3) is 0.273. The Kier molecular flexibility index (Phi) is 2.79. The normalized spacial score (nSPS) is 10.8. The van der Waals surface area contributed by atoms with E-state index in [0.717, 1.165) is 11.1 Å². The summed E-state index contributed by atoms with van der Waals surface area (Å²) in [6, 6.07) is 6.38. The van der Waals surface area contributed by atoms with Crippen LogP contribution >= 0.6 is 27.3 Å². The molecule has 74 valence electrons. The van der Waals surface area contributed by atoms with Crippen LogP contribution in [0.2, 0.25) is 0 Å². The average Bonchev–Trinajstić information content (AvgIpc) is 2.56. The van der Waals surface area contributed by atoms with Gasteiger partial charge in [0.05, 0.1) is 7.11 Å². The maximum atomic E-state index is 5.33. The van der Waals surface area contributed by atoms with Gasteiger partial charge in [0.1, 0.15) is 5.75 Å². The standard InChI is InChI=1S/C11H11BrOS/c1-7-5-8-9(6-12)10(13-2)3-4-11(8)14-7/h3-5H,6H2,1-2H3. The molecular formula is C11H11BrOS. The summed E-state index contributed by atoms with van der Waals surface area (Å²) in [5.74, 6) is 0.965. The van der Waals surface area contributed by atoms with E-state index >= 15 is 0 Å². The summed E-state index contributed by atoms with van der Waals surface area (Å²) in [5.41, 5.74) is 1.24. The van der Waals surface area contributed by atoms with Gasteiger partial charge in [-0.15, -0.1) is 11.3 Å². The van der Waals surface area contributed by atoms with Gasteiger partial charge in [0.2, 0.25) is 0 Å². The van der Waals surface area contributed by atoms with Crippen LogP contribution in [-0.4, -0.2) is 7.11 Å². The Labute approximate surface area is 95.8 Å². The molecule has 0 aliphatic rings. The van der Waals surface area contributed by atoms with E-state index < -0.39 is 0 Å². The fourth-order valence-corrected chi connectivity index (χ4v) is 3.14. The highest BCUT2D eigenvalue weighted by Gasteiger charge is 2.08. The van der Waals surface area contributed by atoms with Gasteiger partial charge in [-0.25, -0.2) is 0 Å². The van der Waals surface area contributed by atoms with Crippen LogP contribution in [0.3, 0.4) is 0 Å². The molecule has 0 saturated heterocycles. The Morgan fingerprint density at radius 3 is 2.86 bits per heavy atom. The van der Waals surface area contributed by atoms with Crippen LogP contribution in [0.25, 0.3) is 10.1 Å². The predicted octanol–water partition coefficient (Wildman–Crippen LogP) is 4.11. The maximum Gasteiger partial charge on any atom is 0.123 e. The summed E-state index contributed by atoms with van der Waals surface area (Å²) in [5, 5.41) is 2.15. The zero-order valence-electron chi connectivity index (χ0n) is 8.13. The van der Waals surface area contributed by atoms with E-state index in [2.05, 4.69) is 35.0 Å². The highest BCUT2D eigenvalue weighted by molar-refractivity contribution is 9.08. The van der Waals surface area contributed by atoms with Gasteiger partial charge in [-0.1, -0.05) is 15.9 Å². The molecule has 2 aromatic rings. The van der Waals surface area contributed by atoms with Crippen molar-refractivity contribution in [3.05, 3.63) is 28.6 Å². The molecule has 3 heteroatoms. The number of halogens is 1. The monoisotopic (exact) mass is 270 g/mol. The van der Waals surface area contributed by atoms with Crippen LogP contribution in [0.4, 0.5) is 0 Å². The van der Waals surface area contributed by atoms with Crippen molar-refractivity contribution in [2.75, 3.05) is 7.11 Å². The summed E-state index contributed by atoms with van der Waals surface area (Å²) in [4.78, 5) is 1.34. The van der Waals surface area contributed by atoms with E-state index in [1.807, 2.05) is 17.4 Å². The van der Waals surface area contributed by atoms with E-state index in [9.17, 15) is 0 Å². The molecule has 0 amide bonds. The number of alkyl halides is 1. The molecule has 0 unspecified atom stereocenters. The predicted molar refractivity (Wildman–Crippen MR) is 65.7 cm³/mol. The molecule has 2 rings (SSSR count). The van der Waals surface area contributed by atoms with Crippen molar-refractivity contribution in [2.45, 2.75) is 12.3 Å². The first-order valence-electron chi connectivity index (χ1n) is 4.38. The summed E-state index contributed by atoms with van der Waals surface area (Å²) < 4.78 is 6.66. The summed E-state index contributed by atoms with van der Waals surface area (Å²) in [6.45, 7) is 2.13. The van der Waals surface area contributed by atoms with Crippen LogP contribution in [0.5, 0.6) is 5.75 Å². The van der Waals surface area contributed by atoms with E-state index in [1.54, 1.807) is 7.11 Å². The van der Waals surface area contributed by atoms with Crippen molar-refractivity contribution in [2.24, 2.45) is 0 Å². The number of benzene rings is 1. The van der Waals surface area contributed by atoms with Crippen molar-refractivity contribution < 1.29 is 4.74 Å². The Morgan fingerprint density at radius 1 is 1.43 bits per heavy atom. The maximum absolute atomic E-state index is 5.33. The van der Waals surface area contributed by atoms with Gasteiger partial charge >= 0.3 is 0 Å². The van der Waals surface area contributed by atoms with Crippen LogP contribution in [-0.2, 0) is 5.33 Å². The number of hydrogen-bond acceptors (Lipinski definition) is 2. The minimum absolute atomic E-state index is 0.837. The van der Waals surface area contributed by atoms with Gasteiger partial charge in [-0.2, -0.15) is 0 Å². The third-order valence-electron chi connectivity index (χ3n) is 2.25. The molecule has 0 spiro atoms. The van der Waals surface area contributed by atoms with E-state index in [0.29, 0.717) is 0 Å². The first kappa shape index (κ1) is 9.99. The van der Waals surface area contributed by atoms with Gasteiger partial charge in [-0.05, 0) is 25.1 Å². The fourth-order valence-electron chi connectivity index (χ4n) is 1.61. The zero-order chi connectivity index (χ0) is 10.1. The summed E-state index contributed by atoms with van der Waals surface area (Å²) in [7, 11) is 1.71. The van der Waals surface area contributed by atoms with Crippen LogP contribution in [0.1, 0.15) is 10.4 Å². The van der Waals surface area contributed by atoms with Gasteiger partial charge in [-0.3, -0.25) is 0 Å². The third-order valence-corrected chi connectivity index (χ3v) is 3.82. The Bertz CT molecular complexity index is 462. The van der Waals surface area contributed by atoms with E-state index in [1.165, 1.54) is 20.5 Å². The number of hydrogen-bond donors (Lipinski definition) is 0. The van der Waals surface area contributed by atoms with E-state index in [-0.39, 0.29) is 0 Å². The summed E-state index contributed by atoms with van der Waals surface area (Å²) in [6.07, 6.45) is 0. The lowest BCUT2D eigenvalue weighted by Crippen LogP contribution is -1.88. The highest BCUT2D eigenvalue weighted by atomic mass is 79.9. The molecule has 1 heterocycles.